The molecule has 0 aliphatic rings. The van der Waals surface area contributed by atoms with Crippen LogP contribution in [0.1, 0.15) is 19.8 Å². The van der Waals surface area contributed by atoms with Gasteiger partial charge in [-0.05, 0) is 24.1 Å². The van der Waals surface area contributed by atoms with Gasteiger partial charge in [0, 0.05) is 12.5 Å². The number of nitrogens with zero attached hydrogens (tertiary/aromatic N) is 2. The van der Waals surface area contributed by atoms with Crippen molar-refractivity contribution in [1.82, 2.24) is 9.97 Å². The number of nitrogens with one attached hydrogen (secondary N) is 1. The third-order valence-corrected chi connectivity index (χ3v) is 2.68. The number of carbonyl (C=O) groups excluding carboxylic acids is 1. The molecule has 5 nitrogen and oxygen atoms in total. The molecule has 0 aromatic carbocycles. The molecule has 0 aliphatic heterocycles. The minimum absolute atomic E-state index is 0.00123. The Labute approximate surface area is 110 Å². The van der Waals surface area contributed by atoms with Crippen molar-refractivity contribution in [1.29, 1.82) is 0 Å². The number of aromatic nitrogens is 2. The fraction of sp³-hybridized carbons (Fsp3) is 0.500. The molecule has 1 amide bonds. The average molecular weight is 277 g/mol. The number of hydrogen-bond donors (Lipinski definition) is 2. The van der Waals surface area contributed by atoms with Crippen LogP contribution in [0.25, 0.3) is 0 Å². The number of rotatable bonds is 5. The predicted molar refractivity (Wildman–Crippen MR) is 68.1 cm³/mol. The first-order valence-corrected chi connectivity index (χ1v) is 6.00. The minimum Gasteiger partial charge on any atom is -0.330 e. The summed E-state index contributed by atoms with van der Waals surface area (Å²) in [5, 5.41) is 2.79. The lowest BCUT2D eigenvalue weighted by molar-refractivity contribution is -0.117. The standard InChI is InChI=1S/C10H14Cl2N4O/c1-2-6(5-13)3-9(17)15-8-4-7(11)14-10(12)16-8/h4,6H,2-3,5,13H2,1H3,(H,14,15,16,17). The summed E-state index contributed by atoms with van der Waals surface area (Å²) in [6.07, 6.45) is 1.21. The summed E-state index contributed by atoms with van der Waals surface area (Å²) in [4.78, 5) is 19.2. The molecule has 1 aromatic rings. The maximum atomic E-state index is 11.7. The highest BCUT2D eigenvalue weighted by molar-refractivity contribution is 6.32. The molecule has 3 N–H and O–H groups in total. The molecule has 0 saturated carbocycles. The van der Waals surface area contributed by atoms with Crippen LogP contribution in [-0.4, -0.2) is 22.4 Å². The van der Waals surface area contributed by atoms with Crippen molar-refractivity contribution in [2.24, 2.45) is 11.7 Å². The van der Waals surface area contributed by atoms with Crippen molar-refractivity contribution in [3.05, 3.63) is 16.5 Å². The van der Waals surface area contributed by atoms with E-state index in [9.17, 15) is 4.79 Å². The Hall–Kier alpha value is -0.910. The van der Waals surface area contributed by atoms with Crippen molar-refractivity contribution in [3.63, 3.8) is 0 Å². The normalized spacial score (nSPS) is 12.2. The molecular formula is C10H14Cl2N4O. The van der Waals surface area contributed by atoms with Crippen LogP contribution in [0.3, 0.4) is 0 Å². The van der Waals surface area contributed by atoms with Gasteiger partial charge >= 0.3 is 0 Å². The number of hydrogen-bond acceptors (Lipinski definition) is 4. The van der Waals surface area contributed by atoms with E-state index in [0.717, 1.165) is 6.42 Å². The van der Waals surface area contributed by atoms with E-state index >= 15 is 0 Å². The van der Waals surface area contributed by atoms with Crippen LogP contribution in [0.2, 0.25) is 10.4 Å². The molecule has 0 aliphatic carbocycles. The van der Waals surface area contributed by atoms with Gasteiger partial charge in [-0.25, -0.2) is 9.97 Å². The summed E-state index contributed by atoms with van der Waals surface area (Å²) in [6, 6.07) is 1.44. The van der Waals surface area contributed by atoms with Crippen LogP contribution in [0, 0.1) is 5.92 Å². The zero-order valence-corrected chi connectivity index (χ0v) is 10.9. The zero-order valence-electron chi connectivity index (χ0n) is 9.41. The van der Waals surface area contributed by atoms with Crippen LogP contribution >= 0.6 is 23.2 Å². The summed E-state index contributed by atoms with van der Waals surface area (Å²) in [6.45, 7) is 2.47. The van der Waals surface area contributed by atoms with Crippen molar-refractivity contribution in [3.8, 4) is 0 Å². The van der Waals surface area contributed by atoms with Gasteiger partial charge in [0.05, 0.1) is 0 Å². The van der Waals surface area contributed by atoms with Crippen molar-refractivity contribution < 1.29 is 4.79 Å². The van der Waals surface area contributed by atoms with E-state index < -0.39 is 0 Å². The Morgan fingerprint density at radius 2 is 2.24 bits per heavy atom. The van der Waals surface area contributed by atoms with Crippen molar-refractivity contribution in [2.45, 2.75) is 19.8 Å². The second-order valence-electron chi connectivity index (χ2n) is 3.61. The third-order valence-electron chi connectivity index (χ3n) is 2.32. The van der Waals surface area contributed by atoms with Gasteiger partial charge in [0.25, 0.3) is 0 Å². The van der Waals surface area contributed by atoms with Gasteiger partial charge in [-0.15, -0.1) is 0 Å². The van der Waals surface area contributed by atoms with Crippen molar-refractivity contribution in [2.75, 3.05) is 11.9 Å². The van der Waals surface area contributed by atoms with Gasteiger partial charge in [-0.1, -0.05) is 24.9 Å². The first-order chi connectivity index (χ1) is 8.05. The lowest BCUT2D eigenvalue weighted by Crippen LogP contribution is -2.22. The molecule has 0 saturated heterocycles. The van der Waals surface area contributed by atoms with Crippen LogP contribution in [0.15, 0.2) is 6.07 Å². The van der Waals surface area contributed by atoms with E-state index in [2.05, 4.69) is 15.3 Å². The fourth-order valence-electron chi connectivity index (χ4n) is 1.30. The van der Waals surface area contributed by atoms with Gasteiger partial charge in [0.2, 0.25) is 11.2 Å². The molecule has 0 fully saturated rings. The lowest BCUT2D eigenvalue weighted by atomic mass is 10.0. The Kier molecular flexibility index (Phi) is 5.61. The Morgan fingerprint density at radius 3 is 2.76 bits per heavy atom. The summed E-state index contributed by atoms with van der Waals surface area (Å²) < 4.78 is 0. The molecular weight excluding hydrogens is 263 g/mol. The molecule has 1 atom stereocenters. The quantitative estimate of drug-likeness (QED) is 0.638. The molecule has 94 valence electrons. The van der Waals surface area contributed by atoms with E-state index in [-0.39, 0.29) is 22.3 Å². The SMILES string of the molecule is CCC(CN)CC(=O)Nc1cc(Cl)nc(Cl)n1. The summed E-state index contributed by atoms with van der Waals surface area (Å²) in [5.41, 5.74) is 5.53. The second-order valence-corrected chi connectivity index (χ2v) is 4.33. The summed E-state index contributed by atoms with van der Waals surface area (Å²) in [5.74, 6) is 0.308. The van der Waals surface area contributed by atoms with E-state index in [1.54, 1.807) is 0 Å². The molecule has 1 heterocycles. The second kappa shape index (κ2) is 6.74. The van der Waals surface area contributed by atoms with Crippen LogP contribution < -0.4 is 11.1 Å². The first-order valence-electron chi connectivity index (χ1n) is 5.25. The number of anilines is 1. The Bertz CT molecular complexity index is 376. The first kappa shape index (κ1) is 14.2. The Balaban J connectivity index is 2.61. The molecule has 1 unspecified atom stereocenters. The highest BCUT2D eigenvalue weighted by Crippen LogP contribution is 2.15. The number of carbonyl (C=O) groups is 1. The molecule has 0 bridgehead atoms. The summed E-state index contributed by atoms with van der Waals surface area (Å²) >= 11 is 11.3. The Morgan fingerprint density at radius 1 is 1.53 bits per heavy atom. The highest BCUT2D eigenvalue weighted by atomic mass is 35.5. The fourth-order valence-corrected chi connectivity index (χ4v) is 1.71. The summed E-state index contributed by atoms with van der Waals surface area (Å²) in [7, 11) is 0. The highest BCUT2D eigenvalue weighted by Gasteiger charge is 2.11. The van der Waals surface area contributed by atoms with Gasteiger partial charge < -0.3 is 11.1 Å². The van der Waals surface area contributed by atoms with Crippen LogP contribution in [0.4, 0.5) is 5.82 Å². The lowest BCUT2D eigenvalue weighted by Gasteiger charge is -2.11. The van der Waals surface area contributed by atoms with Gasteiger partial charge in [-0.3, -0.25) is 4.79 Å². The van der Waals surface area contributed by atoms with E-state index in [0.29, 0.717) is 18.8 Å². The van der Waals surface area contributed by atoms with Gasteiger partial charge in [0.1, 0.15) is 11.0 Å². The monoisotopic (exact) mass is 276 g/mol. The molecule has 17 heavy (non-hydrogen) atoms. The maximum absolute atomic E-state index is 11.7. The smallest absolute Gasteiger partial charge is 0.225 e. The molecule has 0 radical (unpaired) electrons. The predicted octanol–water partition coefficient (Wildman–Crippen LogP) is 2.10. The molecule has 1 rings (SSSR count). The molecule has 7 heteroatoms. The van der Waals surface area contributed by atoms with Crippen LogP contribution in [0.5, 0.6) is 0 Å². The van der Waals surface area contributed by atoms with E-state index in [4.69, 9.17) is 28.9 Å². The van der Waals surface area contributed by atoms with E-state index in [1.165, 1.54) is 6.07 Å². The average Bonchev–Trinajstić information content (AvgIpc) is 2.24. The van der Waals surface area contributed by atoms with Crippen LogP contribution in [-0.2, 0) is 4.79 Å². The third kappa shape index (κ3) is 4.85. The number of amides is 1. The number of halogens is 2. The number of nitrogens with two attached hydrogens (primary N) is 1. The molecule has 0 spiro atoms. The maximum Gasteiger partial charge on any atom is 0.225 e. The largest absolute Gasteiger partial charge is 0.330 e. The van der Waals surface area contributed by atoms with E-state index in [1.807, 2.05) is 6.92 Å². The van der Waals surface area contributed by atoms with Gasteiger partial charge in [-0.2, -0.15) is 0 Å². The topological polar surface area (TPSA) is 80.9 Å². The minimum atomic E-state index is -0.159. The zero-order chi connectivity index (χ0) is 12.8. The molecule has 1 aromatic heterocycles. The van der Waals surface area contributed by atoms with Gasteiger partial charge in [0.15, 0.2) is 0 Å². The van der Waals surface area contributed by atoms with Crippen molar-refractivity contribution >= 4 is 34.9 Å².